The normalized spacial score (nSPS) is 19.9. The lowest BCUT2D eigenvalue weighted by Crippen LogP contribution is -2.57. The van der Waals surface area contributed by atoms with Gasteiger partial charge in [0.15, 0.2) is 0 Å². The third-order valence-electron chi connectivity index (χ3n) is 15.2. The van der Waals surface area contributed by atoms with Crippen molar-refractivity contribution in [3.8, 4) is 27.6 Å². The molecule has 3 unspecified atom stereocenters. The van der Waals surface area contributed by atoms with E-state index < -0.39 is 69.7 Å². The summed E-state index contributed by atoms with van der Waals surface area (Å²) in [6.45, 7) is 7.83. The first kappa shape index (κ1) is 58.6. The van der Waals surface area contributed by atoms with Gasteiger partial charge in [-0.15, -0.1) is 11.3 Å². The molecule has 0 saturated carbocycles. The second-order valence-electron chi connectivity index (χ2n) is 22.1. The fourth-order valence-corrected chi connectivity index (χ4v) is 13.8. The molecule has 0 radical (unpaired) electrons. The van der Waals surface area contributed by atoms with Crippen molar-refractivity contribution < 1.29 is 55.7 Å². The van der Waals surface area contributed by atoms with Gasteiger partial charge < -0.3 is 39.8 Å². The highest BCUT2D eigenvalue weighted by molar-refractivity contribution is 7.93. The number of hydrogen-bond acceptors (Lipinski definition) is 12. The van der Waals surface area contributed by atoms with Crippen LogP contribution in [-0.2, 0) is 29.1 Å². The Morgan fingerprint density at radius 3 is 2.16 bits per heavy atom. The third-order valence-corrected chi connectivity index (χ3v) is 18.3. The van der Waals surface area contributed by atoms with E-state index in [0.717, 1.165) is 40.2 Å². The molecular weight excluding hydrogens is 1080 g/mol. The number of β-amino-alcohol motifs (C(OH)–C–C–N with tert-alkyl or cyclic N) is 1. The highest BCUT2D eigenvalue weighted by Crippen LogP contribution is 2.52. The zero-order chi connectivity index (χ0) is 57.8. The van der Waals surface area contributed by atoms with Gasteiger partial charge in [0, 0.05) is 37.5 Å². The smallest absolute Gasteiger partial charge is 0.407 e. The van der Waals surface area contributed by atoms with Crippen molar-refractivity contribution in [2.75, 3.05) is 24.0 Å². The lowest BCUT2D eigenvalue weighted by molar-refractivity contribution is -0.144. The summed E-state index contributed by atoms with van der Waals surface area (Å²) in [4.78, 5) is 52.1. The molecule has 2 aromatic heterocycles. The van der Waals surface area contributed by atoms with Crippen molar-refractivity contribution >= 4 is 55.9 Å². The number of carbonyl (C=O) groups excluding carboxylic acids is 3. The Bertz CT molecular complexity index is 3290. The minimum absolute atomic E-state index is 0.0370. The van der Waals surface area contributed by atoms with Crippen LogP contribution in [0, 0.1) is 12.3 Å². The minimum Gasteiger partial charge on any atom is -0.508 e. The number of aliphatic hydroxyl groups is 1. The van der Waals surface area contributed by atoms with Crippen LogP contribution in [0.25, 0.3) is 27.3 Å². The number of phenolic OH excluding ortho intramolecular Hbond substituents is 1. The standard InChI is InChI=1S/C60H68F3N7O9S2/c1-37(39-12-14-42(15-13-39)55-38(2)65-36-80-55)66-57(74)48-31-46(72)33-69(48)58(75)56(59(3,4)5)67-51(73)11-9-7-6-8-10-30-78-47-26-22-44(23-27-47)70(34-60(61,62)63)81(76,77)50-32-49-52(40-18-24-45(71)25-19-40)53(54(50)79-49)41-16-20-43(21-17-41)68-29-28-64-35-68/h12-29,35-37,46,48-50,54,56,71-72H,6-11,30-34H2,1-5H3,(H,66,74)(H,67,73)/t37-,46+,48-,49?,50?,54?,56+/m0/s1. The van der Waals surface area contributed by atoms with Crippen molar-refractivity contribution in [1.29, 1.82) is 0 Å². The molecule has 7 atom stereocenters. The lowest BCUT2D eigenvalue weighted by Gasteiger charge is -2.35. The maximum absolute atomic E-state index is 14.6. The number of anilines is 1. The number of halogens is 3. The number of imidazole rings is 1. The van der Waals surface area contributed by atoms with Gasteiger partial charge in [0.2, 0.25) is 27.7 Å². The monoisotopic (exact) mass is 1150 g/mol. The molecule has 4 aromatic carbocycles. The number of nitrogens with one attached hydrogen (secondary N) is 2. The molecule has 0 spiro atoms. The molecule has 430 valence electrons. The van der Waals surface area contributed by atoms with E-state index in [1.807, 2.05) is 83.1 Å². The molecule has 5 heterocycles. The van der Waals surface area contributed by atoms with Crippen molar-refractivity contribution in [2.24, 2.45) is 5.41 Å². The zero-order valence-electron chi connectivity index (χ0n) is 45.8. The maximum Gasteiger partial charge on any atom is 0.407 e. The van der Waals surface area contributed by atoms with Crippen LogP contribution < -0.4 is 19.7 Å². The Labute approximate surface area is 474 Å². The van der Waals surface area contributed by atoms with E-state index in [-0.39, 0.29) is 61.7 Å². The molecule has 3 aliphatic heterocycles. The second-order valence-corrected chi connectivity index (χ2v) is 25.1. The van der Waals surface area contributed by atoms with Crippen LogP contribution in [0.15, 0.2) is 121 Å². The Kier molecular flexibility index (Phi) is 17.8. The number of alkyl halides is 3. The number of aromatic hydroxyl groups is 1. The van der Waals surface area contributed by atoms with Gasteiger partial charge >= 0.3 is 6.18 Å². The predicted octanol–water partition coefficient (Wildman–Crippen LogP) is 9.95. The fraction of sp³-hybridized carbons (Fsp3) is 0.417. The van der Waals surface area contributed by atoms with E-state index in [0.29, 0.717) is 51.6 Å². The molecule has 16 nitrogen and oxygen atoms in total. The molecule has 81 heavy (non-hydrogen) atoms. The van der Waals surface area contributed by atoms with Crippen LogP contribution >= 0.6 is 11.3 Å². The summed E-state index contributed by atoms with van der Waals surface area (Å²) in [5, 5.41) is 25.3. The van der Waals surface area contributed by atoms with Crippen LogP contribution in [0.2, 0.25) is 0 Å². The molecule has 9 rings (SSSR count). The van der Waals surface area contributed by atoms with E-state index in [9.17, 15) is 46.2 Å². The zero-order valence-corrected chi connectivity index (χ0v) is 47.4. The van der Waals surface area contributed by atoms with Gasteiger partial charge in [-0.2, -0.15) is 13.2 Å². The van der Waals surface area contributed by atoms with Gasteiger partial charge in [-0.05, 0) is 120 Å². The number of benzene rings is 4. The number of carbonyl (C=O) groups is 3. The Balaban J connectivity index is 0.748. The predicted molar refractivity (Wildman–Crippen MR) is 304 cm³/mol. The number of phenols is 1. The summed E-state index contributed by atoms with van der Waals surface area (Å²) in [6, 6.07) is 24.9. The van der Waals surface area contributed by atoms with Gasteiger partial charge in [0.25, 0.3) is 0 Å². The number of likely N-dealkylation sites (tertiary alicyclic amines) is 1. The SMILES string of the molecule is Cc1ncsc1-c1ccc([C@H](C)NC(=O)[C@@H]2C[C@@H](O)CN2C(=O)[C@@H](NC(=O)CCCCCCCOc2ccc(N(CC(F)(F)F)S(=O)(=O)C3CC4OC3C(c3ccc(-n5ccnc5)cc3)=C4c3ccc(O)cc3)cc2)C(C)(C)C)cc1. The first-order valence-corrected chi connectivity index (χ1v) is 29.6. The van der Waals surface area contributed by atoms with Gasteiger partial charge in [0.1, 0.15) is 41.5 Å². The van der Waals surface area contributed by atoms with Gasteiger partial charge in [-0.3, -0.25) is 18.7 Å². The number of ether oxygens (including phenoxy) is 2. The summed E-state index contributed by atoms with van der Waals surface area (Å²) < 4.78 is 86.7. The van der Waals surface area contributed by atoms with Crippen LogP contribution in [-0.4, -0.2) is 117 Å². The average Bonchev–Trinajstić information content (AvgIpc) is 4.51. The van der Waals surface area contributed by atoms with Crippen LogP contribution in [0.1, 0.15) is 107 Å². The quantitative estimate of drug-likeness (QED) is 0.0471. The number of aromatic nitrogens is 3. The van der Waals surface area contributed by atoms with E-state index in [2.05, 4.69) is 20.6 Å². The lowest BCUT2D eigenvalue weighted by atomic mass is 9.83. The van der Waals surface area contributed by atoms with Crippen molar-refractivity contribution in [3.05, 3.63) is 144 Å². The van der Waals surface area contributed by atoms with E-state index >= 15 is 0 Å². The van der Waals surface area contributed by atoms with E-state index in [1.165, 1.54) is 41.3 Å². The fourth-order valence-electron chi connectivity index (χ4n) is 10.9. The molecule has 2 fully saturated rings. The van der Waals surface area contributed by atoms with Crippen molar-refractivity contribution in [2.45, 2.75) is 134 Å². The number of fused-ring (bicyclic) bond motifs is 2. The highest BCUT2D eigenvalue weighted by Gasteiger charge is 2.55. The molecule has 4 N–H and O–H groups in total. The number of nitrogens with zero attached hydrogens (tertiary/aromatic N) is 5. The second kappa shape index (κ2) is 24.6. The van der Waals surface area contributed by atoms with E-state index in [4.69, 9.17) is 9.47 Å². The van der Waals surface area contributed by atoms with Gasteiger partial charge in [-0.25, -0.2) is 18.4 Å². The molecule has 2 bridgehead atoms. The number of aryl methyl sites for hydroxylation is 1. The Hall–Kier alpha value is -7.07. The van der Waals surface area contributed by atoms with Crippen LogP contribution in [0.4, 0.5) is 18.9 Å². The summed E-state index contributed by atoms with van der Waals surface area (Å²) in [6.07, 6.45) is 1.03. The minimum atomic E-state index is -4.88. The van der Waals surface area contributed by atoms with Crippen LogP contribution in [0.3, 0.4) is 0 Å². The number of thiazole rings is 1. The number of amides is 3. The van der Waals surface area contributed by atoms with Crippen molar-refractivity contribution in [3.63, 3.8) is 0 Å². The molecule has 3 amide bonds. The first-order chi connectivity index (χ1) is 38.5. The van der Waals surface area contributed by atoms with E-state index in [1.54, 1.807) is 52.3 Å². The van der Waals surface area contributed by atoms with Gasteiger partial charge in [-0.1, -0.05) is 88.6 Å². The summed E-state index contributed by atoms with van der Waals surface area (Å²) in [5.74, 6) is -0.741. The topological polar surface area (TPSA) is 206 Å². The maximum atomic E-state index is 14.6. The average molecular weight is 1150 g/mol. The number of rotatable bonds is 22. The number of sulfonamides is 1. The van der Waals surface area contributed by atoms with Crippen LogP contribution in [0.5, 0.6) is 11.5 Å². The van der Waals surface area contributed by atoms with Gasteiger partial charge in [0.05, 0.1) is 53.0 Å². The Morgan fingerprint density at radius 2 is 1.52 bits per heavy atom. The van der Waals surface area contributed by atoms with Crippen molar-refractivity contribution in [1.82, 2.24) is 30.1 Å². The third kappa shape index (κ3) is 13.7. The molecule has 0 aliphatic carbocycles. The largest absolute Gasteiger partial charge is 0.508 e. The highest BCUT2D eigenvalue weighted by atomic mass is 32.2. The molecule has 21 heteroatoms. The summed E-state index contributed by atoms with van der Waals surface area (Å²) in [5.41, 5.74) is 7.16. The molecule has 6 aromatic rings. The molecule has 3 aliphatic rings. The molecular formula is C60H68F3N7O9S2. The number of unbranched alkanes of at least 4 members (excludes halogenated alkanes) is 4. The summed E-state index contributed by atoms with van der Waals surface area (Å²) >= 11 is 1.56. The molecule has 2 saturated heterocycles. The summed E-state index contributed by atoms with van der Waals surface area (Å²) in [7, 11) is -4.71. The first-order valence-electron chi connectivity index (χ1n) is 27.2. The number of hydrogen-bond donors (Lipinski definition) is 4. The number of aliphatic hydroxyl groups excluding tert-OH is 1. The Morgan fingerprint density at radius 1 is 0.864 bits per heavy atom.